The Morgan fingerprint density at radius 3 is 2.69 bits per heavy atom. The molecule has 1 aromatic carbocycles. The predicted molar refractivity (Wildman–Crippen MR) is 63.7 cm³/mol. The van der Waals surface area contributed by atoms with Gasteiger partial charge in [0, 0.05) is 6.08 Å². The lowest BCUT2D eigenvalue weighted by Gasteiger charge is -2.22. The zero-order valence-electron chi connectivity index (χ0n) is 8.67. The number of rotatable bonds is 1. The Balaban J connectivity index is 2.28. The fourth-order valence-corrected chi connectivity index (χ4v) is 1.97. The lowest BCUT2D eigenvalue weighted by Crippen LogP contribution is -2.14. The van der Waals surface area contributed by atoms with Gasteiger partial charge in [-0.3, -0.25) is 4.79 Å². The molecule has 1 atom stereocenters. The SMILES string of the molecule is CC1=CC(=O)CC(c2ccc(Cl)c(Cl)c2)O1. The molecule has 0 saturated carbocycles. The summed E-state index contributed by atoms with van der Waals surface area (Å²) < 4.78 is 5.58. The van der Waals surface area contributed by atoms with Gasteiger partial charge in [-0.2, -0.15) is 0 Å². The van der Waals surface area contributed by atoms with Crippen molar-refractivity contribution in [3.05, 3.63) is 45.6 Å². The van der Waals surface area contributed by atoms with Crippen molar-refractivity contribution in [3.63, 3.8) is 0 Å². The van der Waals surface area contributed by atoms with E-state index in [-0.39, 0.29) is 11.9 Å². The van der Waals surface area contributed by atoms with Crippen LogP contribution in [0.15, 0.2) is 30.0 Å². The van der Waals surface area contributed by atoms with Gasteiger partial charge in [-0.15, -0.1) is 0 Å². The lowest BCUT2D eigenvalue weighted by molar-refractivity contribution is -0.118. The minimum absolute atomic E-state index is 0.0693. The van der Waals surface area contributed by atoms with Crippen molar-refractivity contribution in [1.82, 2.24) is 0 Å². The minimum atomic E-state index is -0.257. The quantitative estimate of drug-likeness (QED) is 0.761. The summed E-state index contributed by atoms with van der Waals surface area (Å²) in [6, 6.07) is 5.27. The van der Waals surface area contributed by atoms with E-state index in [1.54, 1.807) is 19.1 Å². The Bertz CT molecular complexity index is 466. The van der Waals surface area contributed by atoms with Crippen LogP contribution in [0.2, 0.25) is 10.0 Å². The highest BCUT2D eigenvalue weighted by Gasteiger charge is 2.22. The maximum Gasteiger partial charge on any atom is 0.163 e. The van der Waals surface area contributed by atoms with Gasteiger partial charge in [0.25, 0.3) is 0 Å². The molecule has 1 aromatic rings. The van der Waals surface area contributed by atoms with E-state index in [0.717, 1.165) is 5.56 Å². The van der Waals surface area contributed by atoms with Gasteiger partial charge in [-0.25, -0.2) is 0 Å². The second-order valence-corrected chi connectivity index (χ2v) is 4.52. The van der Waals surface area contributed by atoms with Crippen LogP contribution in [0.5, 0.6) is 0 Å². The topological polar surface area (TPSA) is 26.3 Å². The van der Waals surface area contributed by atoms with Crippen molar-refractivity contribution in [2.45, 2.75) is 19.4 Å². The van der Waals surface area contributed by atoms with Crippen LogP contribution in [0.25, 0.3) is 0 Å². The summed E-state index contributed by atoms with van der Waals surface area (Å²) in [6.07, 6.45) is 1.59. The Labute approximate surface area is 104 Å². The molecule has 0 bridgehead atoms. The summed E-state index contributed by atoms with van der Waals surface area (Å²) in [5, 5.41) is 0.974. The molecule has 2 rings (SSSR count). The minimum Gasteiger partial charge on any atom is -0.490 e. The molecule has 4 heteroatoms. The molecule has 0 N–H and O–H groups in total. The van der Waals surface area contributed by atoms with Crippen LogP contribution in [0.3, 0.4) is 0 Å². The van der Waals surface area contributed by atoms with Gasteiger partial charge in [-0.05, 0) is 24.6 Å². The van der Waals surface area contributed by atoms with Crippen LogP contribution in [0.4, 0.5) is 0 Å². The van der Waals surface area contributed by atoms with Crippen molar-refractivity contribution in [3.8, 4) is 0 Å². The first-order valence-corrected chi connectivity index (χ1v) is 5.64. The lowest BCUT2D eigenvalue weighted by atomic mass is 10.0. The molecule has 16 heavy (non-hydrogen) atoms. The Hall–Kier alpha value is -0.990. The fraction of sp³-hybridized carbons (Fsp3) is 0.250. The zero-order chi connectivity index (χ0) is 11.7. The Morgan fingerprint density at radius 1 is 1.31 bits per heavy atom. The number of carbonyl (C=O) groups is 1. The monoisotopic (exact) mass is 256 g/mol. The van der Waals surface area contributed by atoms with Gasteiger partial charge in [-0.1, -0.05) is 29.3 Å². The van der Waals surface area contributed by atoms with Crippen LogP contribution in [-0.4, -0.2) is 5.78 Å². The third-order valence-electron chi connectivity index (χ3n) is 2.39. The van der Waals surface area contributed by atoms with Crippen LogP contribution in [-0.2, 0) is 9.53 Å². The molecule has 1 aliphatic rings. The number of hydrogen-bond acceptors (Lipinski definition) is 2. The normalized spacial score (nSPS) is 20.3. The first-order valence-electron chi connectivity index (χ1n) is 4.89. The van der Waals surface area contributed by atoms with Gasteiger partial charge in [0.05, 0.1) is 22.2 Å². The molecule has 1 heterocycles. The highest BCUT2D eigenvalue weighted by atomic mass is 35.5. The van der Waals surface area contributed by atoms with E-state index in [4.69, 9.17) is 27.9 Å². The van der Waals surface area contributed by atoms with Crippen LogP contribution in [0, 0.1) is 0 Å². The summed E-state index contributed by atoms with van der Waals surface area (Å²) >= 11 is 11.7. The number of ketones is 1. The van der Waals surface area contributed by atoms with Gasteiger partial charge < -0.3 is 4.74 Å². The third kappa shape index (κ3) is 2.39. The smallest absolute Gasteiger partial charge is 0.163 e. The first-order chi connectivity index (χ1) is 7.56. The molecule has 0 spiro atoms. The zero-order valence-corrected chi connectivity index (χ0v) is 10.2. The number of allylic oxidation sites excluding steroid dienone is 2. The van der Waals surface area contributed by atoms with E-state index in [1.165, 1.54) is 6.08 Å². The summed E-state index contributed by atoms with van der Waals surface area (Å²) in [4.78, 5) is 11.4. The molecule has 0 saturated heterocycles. The first kappa shape index (κ1) is 11.5. The van der Waals surface area contributed by atoms with E-state index >= 15 is 0 Å². The van der Waals surface area contributed by atoms with Crippen molar-refractivity contribution in [1.29, 1.82) is 0 Å². The maximum absolute atomic E-state index is 11.4. The molecule has 0 fully saturated rings. The third-order valence-corrected chi connectivity index (χ3v) is 3.13. The maximum atomic E-state index is 11.4. The average molecular weight is 257 g/mol. The molecular formula is C12H10Cl2O2. The number of carbonyl (C=O) groups excluding carboxylic acids is 1. The second-order valence-electron chi connectivity index (χ2n) is 3.71. The van der Waals surface area contributed by atoms with Crippen LogP contribution >= 0.6 is 23.2 Å². The molecule has 1 unspecified atom stereocenters. The summed E-state index contributed by atoms with van der Waals surface area (Å²) in [7, 11) is 0. The highest BCUT2D eigenvalue weighted by Crippen LogP contribution is 2.32. The van der Waals surface area contributed by atoms with Crippen LogP contribution < -0.4 is 0 Å². The van der Waals surface area contributed by atoms with Crippen molar-refractivity contribution in [2.75, 3.05) is 0 Å². The number of benzene rings is 1. The Kier molecular flexibility index (Phi) is 3.22. The average Bonchev–Trinajstić information content (AvgIpc) is 2.20. The van der Waals surface area contributed by atoms with E-state index in [0.29, 0.717) is 22.2 Å². The van der Waals surface area contributed by atoms with Crippen molar-refractivity contribution in [2.24, 2.45) is 0 Å². The molecule has 0 radical (unpaired) electrons. The van der Waals surface area contributed by atoms with E-state index in [9.17, 15) is 4.79 Å². The molecule has 84 valence electrons. The number of halogens is 2. The van der Waals surface area contributed by atoms with Crippen LogP contribution in [0.1, 0.15) is 25.0 Å². The van der Waals surface area contributed by atoms with E-state index in [2.05, 4.69) is 0 Å². The van der Waals surface area contributed by atoms with E-state index < -0.39 is 0 Å². The van der Waals surface area contributed by atoms with E-state index in [1.807, 2.05) is 6.07 Å². The summed E-state index contributed by atoms with van der Waals surface area (Å²) in [5.74, 6) is 0.701. The molecule has 0 amide bonds. The standard InChI is InChI=1S/C12H10Cl2O2/c1-7-4-9(15)6-12(16-7)8-2-3-10(13)11(14)5-8/h2-5,12H,6H2,1H3. The molecule has 0 aliphatic carbocycles. The molecule has 1 aliphatic heterocycles. The number of hydrogen-bond donors (Lipinski definition) is 0. The Morgan fingerprint density at radius 2 is 2.06 bits per heavy atom. The summed E-state index contributed by atoms with van der Waals surface area (Å²) in [5.41, 5.74) is 0.871. The molecule has 0 aromatic heterocycles. The largest absolute Gasteiger partial charge is 0.490 e. The predicted octanol–water partition coefficient (Wildman–Crippen LogP) is 3.93. The van der Waals surface area contributed by atoms with Crippen molar-refractivity contribution >= 4 is 29.0 Å². The van der Waals surface area contributed by atoms with Gasteiger partial charge in [0.15, 0.2) is 5.78 Å². The number of ether oxygens (including phenoxy) is 1. The molecule has 2 nitrogen and oxygen atoms in total. The van der Waals surface area contributed by atoms with Gasteiger partial charge in [0.2, 0.25) is 0 Å². The summed E-state index contributed by atoms with van der Waals surface area (Å²) in [6.45, 7) is 1.77. The van der Waals surface area contributed by atoms with Gasteiger partial charge in [0.1, 0.15) is 6.10 Å². The molecular weight excluding hydrogens is 247 g/mol. The van der Waals surface area contributed by atoms with Crippen molar-refractivity contribution < 1.29 is 9.53 Å². The highest BCUT2D eigenvalue weighted by molar-refractivity contribution is 6.42. The fourth-order valence-electron chi connectivity index (χ4n) is 1.67. The van der Waals surface area contributed by atoms with Gasteiger partial charge >= 0.3 is 0 Å². The second kappa shape index (κ2) is 4.48.